The number of rotatable bonds is 6. The summed E-state index contributed by atoms with van der Waals surface area (Å²) in [5.74, 6) is 1.27. The first-order chi connectivity index (χ1) is 11.7. The van der Waals surface area contributed by atoms with Crippen LogP contribution in [0.15, 0.2) is 24.3 Å². The Labute approximate surface area is 148 Å². The van der Waals surface area contributed by atoms with E-state index in [-0.39, 0.29) is 0 Å². The molecule has 2 aromatic heterocycles. The zero-order valence-electron chi connectivity index (χ0n) is 13.3. The molecule has 124 valence electrons. The monoisotopic (exact) mass is 361 g/mol. The molecule has 5 nitrogen and oxygen atoms in total. The number of fused-ring (bicyclic) bond motifs is 1. The van der Waals surface area contributed by atoms with Crippen molar-refractivity contribution in [2.24, 2.45) is 0 Å². The Bertz CT molecular complexity index is 895. The smallest absolute Gasteiger partial charge is 0.154 e. The van der Waals surface area contributed by atoms with Gasteiger partial charge in [-0.3, -0.25) is 0 Å². The summed E-state index contributed by atoms with van der Waals surface area (Å²) in [5, 5.41) is 3.74. The second kappa shape index (κ2) is 7.15. The fourth-order valence-electron chi connectivity index (χ4n) is 2.37. The molecule has 0 spiro atoms. The van der Waals surface area contributed by atoms with Crippen molar-refractivity contribution in [1.82, 2.24) is 9.97 Å². The van der Waals surface area contributed by atoms with E-state index in [2.05, 4.69) is 10.3 Å². The second-order valence-electron chi connectivity index (χ2n) is 5.06. The second-order valence-corrected chi connectivity index (χ2v) is 6.64. The molecule has 0 unspecified atom stereocenters. The van der Waals surface area contributed by atoms with Crippen molar-refractivity contribution in [3.8, 4) is 16.3 Å². The third kappa shape index (κ3) is 3.20. The summed E-state index contributed by atoms with van der Waals surface area (Å²) >= 11 is 7.74. The molecule has 7 heteroatoms. The van der Waals surface area contributed by atoms with Crippen LogP contribution in [0.1, 0.15) is 11.8 Å². The van der Waals surface area contributed by atoms with Gasteiger partial charge in [0, 0.05) is 23.9 Å². The third-order valence-electron chi connectivity index (χ3n) is 3.46. The van der Waals surface area contributed by atoms with Crippen LogP contribution in [0.2, 0.25) is 5.02 Å². The van der Waals surface area contributed by atoms with Crippen LogP contribution in [0.4, 0.5) is 5.82 Å². The van der Waals surface area contributed by atoms with Gasteiger partial charge in [-0.25, -0.2) is 9.97 Å². The molecular weight excluding hydrogens is 346 g/mol. The standard InChI is InChI=1S/C17H16ClN3O2S/c1-3-19-17-16(15-5-4-10(24-15)6-7-22)20-12-8-11(18)14(23-2)9-13(12)21-17/h4-5,7-9H,3,6H2,1-2H3,(H,19,21). The molecule has 0 aliphatic rings. The van der Waals surface area contributed by atoms with Gasteiger partial charge >= 0.3 is 0 Å². The zero-order chi connectivity index (χ0) is 17.1. The predicted octanol–water partition coefficient (Wildman–Crippen LogP) is 4.19. The van der Waals surface area contributed by atoms with Crippen LogP contribution in [0.3, 0.4) is 0 Å². The van der Waals surface area contributed by atoms with Gasteiger partial charge in [0.1, 0.15) is 17.7 Å². The third-order valence-corrected chi connectivity index (χ3v) is 4.87. The number of nitrogens with zero attached hydrogens (tertiary/aromatic N) is 2. The maximum atomic E-state index is 10.7. The average Bonchev–Trinajstić information content (AvgIpc) is 3.03. The van der Waals surface area contributed by atoms with E-state index in [1.807, 2.05) is 19.1 Å². The van der Waals surface area contributed by atoms with Crippen LogP contribution >= 0.6 is 22.9 Å². The van der Waals surface area contributed by atoms with Crippen LogP contribution < -0.4 is 10.1 Å². The number of ether oxygens (including phenoxy) is 1. The van der Waals surface area contributed by atoms with Crippen LogP contribution in [0.5, 0.6) is 5.75 Å². The summed E-state index contributed by atoms with van der Waals surface area (Å²) in [7, 11) is 1.57. The maximum Gasteiger partial charge on any atom is 0.154 e. The largest absolute Gasteiger partial charge is 0.495 e. The number of benzene rings is 1. The molecule has 0 atom stereocenters. The fraction of sp³-hybridized carbons (Fsp3) is 0.235. The predicted molar refractivity (Wildman–Crippen MR) is 98.3 cm³/mol. The molecule has 0 aliphatic carbocycles. The van der Waals surface area contributed by atoms with Crippen LogP contribution in [0.25, 0.3) is 21.6 Å². The van der Waals surface area contributed by atoms with Crippen molar-refractivity contribution in [1.29, 1.82) is 0 Å². The first-order valence-corrected chi connectivity index (χ1v) is 8.67. The lowest BCUT2D eigenvalue weighted by Crippen LogP contribution is -2.03. The number of hydrogen-bond acceptors (Lipinski definition) is 6. The van der Waals surface area contributed by atoms with Crippen LogP contribution in [0, 0.1) is 0 Å². The lowest BCUT2D eigenvalue weighted by molar-refractivity contribution is -0.107. The van der Waals surface area contributed by atoms with Crippen LogP contribution in [-0.2, 0) is 11.2 Å². The topological polar surface area (TPSA) is 64.1 Å². The van der Waals surface area contributed by atoms with Gasteiger partial charge in [-0.2, -0.15) is 0 Å². The minimum absolute atomic E-state index is 0.408. The Morgan fingerprint density at radius 1 is 1.29 bits per heavy atom. The van der Waals surface area contributed by atoms with E-state index in [9.17, 15) is 4.79 Å². The number of thiophene rings is 1. The number of anilines is 1. The molecule has 3 rings (SSSR count). The van der Waals surface area contributed by atoms with E-state index in [1.54, 1.807) is 19.2 Å². The number of halogens is 1. The normalized spacial score (nSPS) is 10.8. The Hall–Kier alpha value is -2.18. The molecule has 0 radical (unpaired) electrons. The minimum Gasteiger partial charge on any atom is -0.495 e. The molecule has 0 saturated carbocycles. The molecule has 1 N–H and O–H groups in total. The molecular formula is C17H16ClN3O2S. The Morgan fingerprint density at radius 3 is 2.79 bits per heavy atom. The van der Waals surface area contributed by atoms with Gasteiger partial charge in [0.05, 0.1) is 28.0 Å². The first kappa shape index (κ1) is 16.7. The number of hydrogen-bond donors (Lipinski definition) is 1. The highest BCUT2D eigenvalue weighted by atomic mass is 35.5. The highest BCUT2D eigenvalue weighted by molar-refractivity contribution is 7.15. The highest BCUT2D eigenvalue weighted by Gasteiger charge is 2.14. The van der Waals surface area contributed by atoms with Crippen molar-refractivity contribution in [3.63, 3.8) is 0 Å². The summed E-state index contributed by atoms with van der Waals surface area (Å²) in [6.07, 6.45) is 1.31. The lowest BCUT2D eigenvalue weighted by atomic mass is 10.2. The summed E-state index contributed by atoms with van der Waals surface area (Å²) < 4.78 is 5.25. The average molecular weight is 362 g/mol. The molecule has 0 saturated heterocycles. The molecule has 2 heterocycles. The summed E-state index contributed by atoms with van der Waals surface area (Å²) in [6, 6.07) is 7.44. The van der Waals surface area contributed by atoms with Crippen molar-refractivity contribution >= 4 is 46.1 Å². The number of aldehydes is 1. The first-order valence-electron chi connectivity index (χ1n) is 7.48. The van der Waals surface area contributed by atoms with Crippen LogP contribution in [-0.4, -0.2) is 29.9 Å². The Morgan fingerprint density at radius 2 is 2.08 bits per heavy atom. The number of aromatic nitrogens is 2. The molecule has 0 aliphatic heterocycles. The van der Waals surface area contributed by atoms with E-state index >= 15 is 0 Å². The number of carbonyl (C=O) groups excluding carboxylic acids is 1. The zero-order valence-corrected chi connectivity index (χ0v) is 14.9. The Kier molecular flexibility index (Phi) is 4.97. The molecule has 3 aromatic rings. The highest BCUT2D eigenvalue weighted by Crippen LogP contribution is 2.35. The molecule has 24 heavy (non-hydrogen) atoms. The van der Waals surface area contributed by atoms with E-state index in [0.29, 0.717) is 34.0 Å². The van der Waals surface area contributed by atoms with Crippen molar-refractivity contribution < 1.29 is 9.53 Å². The number of carbonyl (C=O) groups is 1. The summed E-state index contributed by atoms with van der Waals surface area (Å²) in [5.41, 5.74) is 2.16. The number of methoxy groups -OCH3 is 1. The minimum atomic E-state index is 0.408. The van der Waals surface area contributed by atoms with Crippen molar-refractivity contribution in [2.45, 2.75) is 13.3 Å². The van der Waals surface area contributed by atoms with Crippen molar-refractivity contribution in [3.05, 3.63) is 34.2 Å². The number of nitrogens with one attached hydrogen (secondary N) is 1. The quantitative estimate of drug-likeness (QED) is 0.667. The molecule has 0 amide bonds. The summed E-state index contributed by atoms with van der Waals surface area (Å²) in [4.78, 5) is 22.1. The van der Waals surface area contributed by atoms with Gasteiger partial charge in [-0.15, -0.1) is 11.3 Å². The Balaban J connectivity index is 2.16. The molecule has 0 fully saturated rings. The van der Waals surface area contributed by atoms with Gasteiger partial charge in [-0.05, 0) is 25.1 Å². The summed E-state index contributed by atoms with van der Waals surface area (Å²) in [6.45, 7) is 2.73. The molecule has 0 bridgehead atoms. The van der Waals surface area contributed by atoms with Gasteiger partial charge in [0.25, 0.3) is 0 Å². The van der Waals surface area contributed by atoms with Gasteiger partial charge in [0.15, 0.2) is 5.82 Å². The SMILES string of the molecule is CCNc1nc2cc(OC)c(Cl)cc2nc1-c1ccc(CC=O)s1. The van der Waals surface area contributed by atoms with Gasteiger partial charge in [0.2, 0.25) is 0 Å². The maximum absolute atomic E-state index is 10.7. The van der Waals surface area contributed by atoms with E-state index in [0.717, 1.165) is 28.3 Å². The van der Waals surface area contributed by atoms with Gasteiger partial charge < -0.3 is 14.8 Å². The van der Waals surface area contributed by atoms with Gasteiger partial charge in [-0.1, -0.05) is 11.6 Å². The van der Waals surface area contributed by atoms with E-state index in [4.69, 9.17) is 21.3 Å². The van der Waals surface area contributed by atoms with Crippen molar-refractivity contribution in [2.75, 3.05) is 19.0 Å². The fourth-order valence-corrected chi connectivity index (χ4v) is 3.55. The lowest BCUT2D eigenvalue weighted by Gasteiger charge is -2.11. The van der Waals surface area contributed by atoms with E-state index < -0.39 is 0 Å². The van der Waals surface area contributed by atoms with E-state index in [1.165, 1.54) is 11.3 Å². The molecule has 1 aromatic carbocycles.